The van der Waals surface area contributed by atoms with Gasteiger partial charge in [-0.05, 0) is 31.9 Å². The minimum atomic E-state index is -1.33. The summed E-state index contributed by atoms with van der Waals surface area (Å²) in [4.78, 5) is 9.24. The van der Waals surface area contributed by atoms with Gasteiger partial charge in [-0.1, -0.05) is 11.6 Å². The molecule has 0 aromatic heterocycles. The van der Waals surface area contributed by atoms with Crippen molar-refractivity contribution in [1.29, 1.82) is 0 Å². The van der Waals surface area contributed by atoms with Crippen molar-refractivity contribution in [2.75, 3.05) is 0 Å². The van der Waals surface area contributed by atoms with Crippen LogP contribution in [0.2, 0.25) is 12.6 Å². The Bertz CT molecular complexity index is 201. The summed E-state index contributed by atoms with van der Waals surface area (Å²) in [6, 6.07) is 1.03. The molecule has 1 heterocycles. The maximum absolute atomic E-state index is 9.24. The highest BCUT2D eigenvalue weighted by atomic mass is 28.3. The number of rotatable bonds is 3. The topological polar surface area (TPSA) is 32.8 Å². The van der Waals surface area contributed by atoms with Crippen LogP contribution in [0.15, 0.2) is 11.6 Å². The van der Waals surface area contributed by atoms with E-state index in [0.29, 0.717) is 12.2 Å². The number of hydrogen-bond donors (Lipinski definition) is 1. The SMILES string of the molecule is C[SiH](O)CCC1=CC2OC2CC1. The Hall–Kier alpha value is -0.123. The molecule has 2 rings (SSSR count). The van der Waals surface area contributed by atoms with Gasteiger partial charge in [0.1, 0.15) is 6.10 Å². The molecule has 2 aliphatic rings. The molecule has 2 nitrogen and oxygen atoms in total. The summed E-state index contributed by atoms with van der Waals surface area (Å²) in [6.45, 7) is 1.99. The molecular weight excluding hydrogens is 168 g/mol. The van der Waals surface area contributed by atoms with Gasteiger partial charge >= 0.3 is 0 Å². The second-order valence-electron chi connectivity index (χ2n) is 3.89. The Morgan fingerprint density at radius 2 is 2.58 bits per heavy atom. The molecule has 68 valence electrons. The van der Waals surface area contributed by atoms with Crippen molar-refractivity contribution in [2.24, 2.45) is 0 Å². The molecule has 0 aromatic carbocycles. The molecule has 0 aromatic rings. The van der Waals surface area contributed by atoms with Crippen molar-refractivity contribution in [3.63, 3.8) is 0 Å². The lowest BCUT2D eigenvalue weighted by Gasteiger charge is -2.09. The zero-order valence-electron chi connectivity index (χ0n) is 7.49. The minimum Gasteiger partial charge on any atom is -0.435 e. The van der Waals surface area contributed by atoms with Gasteiger partial charge in [0.15, 0.2) is 9.04 Å². The fraction of sp³-hybridized carbons (Fsp3) is 0.778. The van der Waals surface area contributed by atoms with Crippen LogP contribution in [-0.4, -0.2) is 26.0 Å². The van der Waals surface area contributed by atoms with Crippen molar-refractivity contribution in [1.82, 2.24) is 0 Å². The van der Waals surface area contributed by atoms with E-state index in [1.807, 2.05) is 6.55 Å². The Kier molecular flexibility index (Phi) is 2.34. The van der Waals surface area contributed by atoms with Crippen LogP contribution in [0.5, 0.6) is 0 Å². The van der Waals surface area contributed by atoms with E-state index in [-0.39, 0.29) is 0 Å². The maximum Gasteiger partial charge on any atom is 0.169 e. The minimum absolute atomic E-state index is 0.449. The Balaban J connectivity index is 1.80. The molecule has 0 radical (unpaired) electrons. The molecule has 1 aliphatic heterocycles. The van der Waals surface area contributed by atoms with Crippen LogP contribution in [0.1, 0.15) is 19.3 Å². The number of allylic oxidation sites excluding steroid dienone is 1. The van der Waals surface area contributed by atoms with Gasteiger partial charge in [0.2, 0.25) is 0 Å². The van der Waals surface area contributed by atoms with Crippen molar-refractivity contribution >= 4 is 9.04 Å². The average Bonchev–Trinajstić information content (AvgIpc) is 2.78. The number of ether oxygens (including phenoxy) is 1. The van der Waals surface area contributed by atoms with E-state index < -0.39 is 9.04 Å². The van der Waals surface area contributed by atoms with E-state index in [4.69, 9.17) is 4.74 Å². The van der Waals surface area contributed by atoms with E-state index in [0.717, 1.165) is 12.5 Å². The summed E-state index contributed by atoms with van der Waals surface area (Å²) in [5.41, 5.74) is 1.52. The third-order valence-corrected chi connectivity index (χ3v) is 3.78. The Morgan fingerprint density at radius 3 is 3.25 bits per heavy atom. The fourth-order valence-corrected chi connectivity index (χ4v) is 2.57. The number of hydrogen-bond acceptors (Lipinski definition) is 2. The first-order valence-corrected chi connectivity index (χ1v) is 7.27. The molecule has 3 unspecified atom stereocenters. The number of epoxide rings is 1. The summed E-state index contributed by atoms with van der Waals surface area (Å²) >= 11 is 0. The molecule has 3 atom stereocenters. The van der Waals surface area contributed by atoms with Crippen LogP contribution in [0.3, 0.4) is 0 Å². The van der Waals surface area contributed by atoms with E-state index in [2.05, 4.69) is 6.08 Å². The lowest BCUT2D eigenvalue weighted by Crippen LogP contribution is -2.07. The van der Waals surface area contributed by atoms with Crippen molar-refractivity contribution in [2.45, 2.75) is 44.1 Å². The third kappa shape index (κ3) is 1.97. The zero-order chi connectivity index (χ0) is 8.55. The smallest absolute Gasteiger partial charge is 0.169 e. The predicted octanol–water partition coefficient (Wildman–Crippen LogP) is 1.21. The van der Waals surface area contributed by atoms with Gasteiger partial charge in [0.05, 0.1) is 6.10 Å². The van der Waals surface area contributed by atoms with Crippen molar-refractivity contribution in [3.05, 3.63) is 11.6 Å². The lowest BCUT2D eigenvalue weighted by atomic mass is 9.98. The van der Waals surface area contributed by atoms with Crippen molar-refractivity contribution in [3.8, 4) is 0 Å². The lowest BCUT2D eigenvalue weighted by molar-refractivity contribution is 0.384. The zero-order valence-corrected chi connectivity index (χ0v) is 8.65. The summed E-state index contributed by atoms with van der Waals surface area (Å²) in [6.07, 6.45) is 6.78. The van der Waals surface area contributed by atoms with Gasteiger partial charge in [-0.3, -0.25) is 0 Å². The number of fused-ring (bicyclic) bond motifs is 1. The predicted molar refractivity (Wildman–Crippen MR) is 50.6 cm³/mol. The molecule has 1 saturated heterocycles. The van der Waals surface area contributed by atoms with Crippen LogP contribution in [0.25, 0.3) is 0 Å². The molecule has 1 N–H and O–H groups in total. The van der Waals surface area contributed by atoms with E-state index in [9.17, 15) is 4.80 Å². The highest BCUT2D eigenvalue weighted by Crippen LogP contribution is 2.36. The Morgan fingerprint density at radius 1 is 1.75 bits per heavy atom. The summed E-state index contributed by atoms with van der Waals surface area (Å²) < 4.78 is 5.39. The van der Waals surface area contributed by atoms with Gasteiger partial charge in [0, 0.05) is 0 Å². The molecule has 0 bridgehead atoms. The van der Waals surface area contributed by atoms with Crippen LogP contribution in [-0.2, 0) is 4.74 Å². The first kappa shape index (κ1) is 8.47. The summed E-state index contributed by atoms with van der Waals surface area (Å²) in [7, 11) is -1.33. The van der Waals surface area contributed by atoms with Gasteiger partial charge in [-0.15, -0.1) is 0 Å². The van der Waals surface area contributed by atoms with Crippen molar-refractivity contribution < 1.29 is 9.53 Å². The highest BCUT2D eigenvalue weighted by molar-refractivity contribution is 6.48. The maximum atomic E-state index is 9.24. The van der Waals surface area contributed by atoms with Gasteiger partial charge in [-0.25, -0.2) is 0 Å². The molecule has 0 spiro atoms. The largest absolute Gasteiger partial charge is 0.435 e. The second kappa shape index (κ2) is 3.32. The van der Waals surface area contributed by atoms with E-state index in [1.54, 1.807) is 0 Å². The van der Waals surface area contributed by atoms with Crippen LogP contribution in [0, 0.1) is 0 Å². The van der Waals surface area contributed by atoms with Gasteiger partial charge in [-0.2, -0.15) is 0 Å². The standard InChI is InChI=1S/C9H16O2Si/c1-12(10)5-4-7-2-3-8-9(6-7)11-8/h6,8-10,12H,2-5H2,1H3. The van der Waals surface area contributed by atoms with Crippen LogP contribution >= 0.6 is 0 Å². The highest BCUT2D eigenvalue weighted by Gasteiger charge is 2.39. The van der Waals surface area contributed by atoms with Crippen LogP contribution in [0.4, 0.5) is 0 Å². The fourth-order valence-electron chi connectivity index (χ4n) is 1.78. The van der Waals surface area contributed by atoms with E-state index in [1.165, 1.54) is 18.4 Å². The normalized spacial score (nSPS) is 35.3. The molecule has 1 aliphatic carbocycles. The third-order valence-electron chi connectivity index (χ3n) is 2.65. The van der Waals surface area contributed by atoms with E-state index >= 15 is 0 Å². The molecular formula is C9H16O2Si. The molecule has 12 heavy (non-hydrogen) atoms. The summed E-state index contributed by atoms with van der Waals surface area (Å²) in [5.74, 6) is 0. The first-order chi connectivity index (χ1) is 5.75. The summed E-state index contributed by atoms with van der Waals surface area (Å²) in [5, 5.41) is 0. The monoisotopic (exact) mass is 184 g/mol. The van der Waals surface area contributed by atoms with Crippen LogP contribution < -0.4 is 0 Å². The first-order valence-electron chi connectivity index (χ1n) is 4.79. The average molecular weight is 184 g/mol. The second-order valence-corrected chi connectivity index (χ2v) is 6.17. The Labute approximate surface area is 75.0 Å². The molecule has 1 fully saturated rings. The molecule has 3 heteroatoms. The quantitative estimate of drug-likeness (QED) is 0.406. The molecule has 0 amide bonds. The molecule has 0 saturated carbocycles. The van der Waals surface area contributed by atoms with Gasteiger partial charge < -0.3 is 9.53 Å². The van der Waals surface area contributed by atoms with Gasteiger partial charge in [0.25, 0.3) is 0 Å².